The SMILES string of the molecule is Cc1csc2nc(C)n(C)c12.Cc1nc2ccsc2n1C.Cc1nc2ncsc2n1C.Cc1nc2scc(F)c2n1C.Cc1nc2sccc2n1C.Cc1nc2scnc2n1C. The Balaban J connectivity index is 0.000000112. The van der Waals surface area contributed by atoms with Crippen LogP contribution in [0.5, 0.6) is 0 Å². The summed E-state index contributed by atoms with van der Waals surface area (Å²) in [6.07, 6.45) is 0. The predicted octanol–water partition coefficient (Wildman–Crippen LogP) is 10.9. The number of halogens is 1. The molecule has 12 aromatic heterocycles. The third kappa shape index (κ3) is 9.00. The molecule has 0 fully saturated rings. The highest BCUT2D eigenvalue weighted by Gasteiger charge is 2.11. The molecule has 0 radical (unpaired) electrons. The molecule has 0 saturated heterocycles. The van der Waals surface area contributed by atoms with Crippen molar-refractivity contribution in [1.29, 1.82) is 0 Å². The summed E-state index contributed by atoms with van der Waals surface area (Å²) in [7, 11) is 11.9. The molecule has 12 aromatic rings. The molecule has 0 aromatic carbocycles. The van der Waals surface area contributed by atoms with E-state index in [1.807, 2.05) is 103 Å². The maximum Gasteiger partial charge on any atom is 0.189 e. The highest BCUT2D eigenvalue weighted by atomic mass is 32.1. The normalized spacial score (nSPS) is 11.1. The van der Waals surface area contributed by atoms with E-state index < -0.39 is 0 Å². The summed E-state index contributed by atoms with van der Waals surface area (Å²) >= 11 is 9.69. The molecule has 0 bridgehead atoms. The zero-order chi connectivity index (χ0) is 44.6. The standard InChI is InChI=1S/C8H10N2S.C7H7FN2S.2C7H8N2S.2C6H7N3S/c1-5-4-11-8-7(5)10(3)6(2)9-8;1-4-9-7-6(10(4)2)5(8)3-11-7;1-5-8-7-6(9(5)2)3-4-10-7;1-5-8-6-3-4-10-7(6)9(5)2;1-4-8-6-5(9(4)2)7-3-10-6;1-4-8-5-6(9(4)2)10-3-7-5/h4H,1-3H3;3H,1-2H3;2*3-4H,1-2H3;2*3H,1-2H3. The van der Waals surface area contributed by atoms with E-state index in [4.69, 9.17) is 0 Å². The van der Waals surface area contributed by atoms with Crippen molar-refractivity contribution < 1.29 is 4.39 Å². The number of nitrogens with zero attached hydrogens (tertiary/aromatic N) is 14. The van der Waals surface area contributed by atoms with Crippen LogP contribution in [0.25, 0.3) is 62.3 Å². The van der Waals surface area contributed by atoms with Gasteiger partial charge in [-0.05, 0) is 82.3 Å². The van der Waals surface area contributed by atoms with Gasteiger partial charge in [0.1, 0.15) is 64.6 Å². The molecule has 0 aliphatic rings. The van der Waals surface area contributed by atoms with E-state index in [-0.39, 0.29) is 5.82 Å². The minimum atomic E-state index is -0.173. The van der Waals surface area contributed by atoms with E-state index in [1.165, 1.54) is 38.1 Å². The first-order valence-corrected chi connectivity index (χ1v) is 24.4. The Morgan fingerprint density at radius 1 is 0.452 bits per heavy atom. The van der Waals surface area contributed by atoms with Gasteiger partial charge < -0.3 is 27.4 Å². The fraction of sp³-hybridized carbons (Fsp3) is 0.317. The first-order chi connectivity index (χ1) is 29.5. The van der Waals surface area contributed by atoms with Gasteiger partial charge in [0.25, 0.3) is 0 Å². The highest BCUT2D eigenvalue weighted by Crippen LogP contribution is 2.26. The van der Waals surface area contributed by atoms with Gasteiger partial charge in [-0.2, -0.15) is 0 Å². The van der Waals surface area contributed by atoms with Crippen LogP contribution in [0.2, 0.25) is 0 Å². The van der Waals surface area contributed by atoms with Crippen molar-refractivity contribution in [3.8, 4) is 0 Å². The molecule has 12 rings (SSSR count). The van der Waals surface area contributed by atoms with Crippen molar-refractivity contribution >= 4 is 130 Å². The highest BCUT2D eigenvalue weighted by molar-refractivity contribution is 7.18. The quantitative estimate of drug-likeness (QED) is 0.147. The van der Waals surface area contributed by atoms with Crippen LogP contribution in [0.15, 0.2) is 44.7 Å². The lowest BCUT2D eigenvalue weighted by molar-refractivity contribution is 0.635. The minimum absolute atomic E-state index is 0.173. The van der Waals surface area contributed by atoms with Crippen molar-refractivity contribution in [3.63, 3.8) is 0 Å². The number of imidazole rings is 6. The van der Waals surface area contributed by atoms with E-state index in [0.717, 1.165) is 75.9 Å². The summed E-state index contributed by atoms with van der Waals surface area (Å²) in [6, 6.07) is 4.15. The molecule has 62 heavy (non-hydrogen) atoms. The van der Waals surface area contributed by atoms with E-state index in [2.05, 4.69) is 89.8 Å². The van der Waals surface area contributed by atoms with Crippen LogP contribution >= 0.6 is 68.0 Å². The molecule has 21 heteroatoms. The number of aromatic nitrogens is 14. The number of aryl methyl sites for hydroxylation is 13. The molecule has 0 saturated carbocycles. The number of thiophene rings is 4. The van der Waals surface area contributed by atoms with Crippen molar-refractivity contribution in [3.05, 3.63) is 91.0 Å². The van der Waals surface area contributed by atoms with Gasteiger partial charge in [0.15, 0.2) is 21.9 Å². The minimum Gasteiger partial charge on any atom is -0.331 e. The van der Waals surface area contributed by atoms with Gasteiger partial charge in [-0.3, -0.25) is 0 Å². The summed E-state index contributed by atoms with van der Waals surface area (Å²) in [5.74, 6) is 5.99. The predicted molar refractivity (Wildman–Crippen MR) is 260 cm³/mol. The zero-order valence-corrected chi connectivity index (χ0v) is 41.6. The molecule has 0 aliphatic heterocycles. The van der Waals surface area contributed by atoms with Crippen molar-refractivity contribution in [2.75, 3.05) is 0 Å². The fourth-order valence-corrected chi connectivity index (χ4v) is 11.3. The van der Waals surface area contributed by atoms with Crippen LogP contribution < -0.4 is 0 Å². The van der Waals surface area contributed by atoms with Crippen molar-refractivity contribution in [1.82, 2.24) is 67.3 Å². The van der Waals surface area contributed by atoms with E-state index in [1.54, 1.807) is 61.3 Å². The second kappa shape index (κ2) is 18.7. The van der Waals surface area contributed by atoms with E-state index in [0.29, 0.717) is 5.52 Å². The van der Waals surface area contributed by atoms with Gasteiger partial charge in [0.2, 0.25) is 0 Å². The van der Waals surface area contributed by atoms with Gasteiger partial charge in [-0.1, -0.05) is 0 Å². The number of thiazole rings is 2. The van der Waals surface area contributed by atoms with Crippen LogP contribution in [0.4, 0.5) is 4.39 Å². The molecule has 324 valence electrons. The number of fused-ring (bicyclic) bond motifs is 6. The Kier molecular flexibility index (Phi) is 13.5. The number of hydrogen-bond acceptors (Lipinski definition) is 14. The smallest absolute Gasteiger partial charge is 0.189 e. The fourth-order valence-electron chi connectivity index (χ4n) is 6.27. The maximum atomic E-state index is 13.0. The van der Waals surface area contributed by atoms with Crippen LogP contribution in [0, 0.1) is 54.3 Å². The Hall–Kier alpha value is -5.19. The summed E-state index contributed by atoms with van der Waals surface area (Å²) in [5, 5.41) is 7.77. The number of rotatable bonds is 0. The monoisotopic (exact) mass is 946 g/mol. The topological polar surface area (TPSA) is 133 Å². The van der Waals surface area contributed by atoms with Gasteiger partial charge in [0, 0.05) is 47.7 Å². The summed E-state index contributed by atoms with van der Waals surface area (Å²) in [5.41, 5.74) is 11.1. The maximum absolute atomic E-state index is 13.0. The van der Waals surface area contributed by atoms with Gasteiger partial charge in [0.05, 0.1) is 27.6 Å². The van der Waals surface area contributed by atoms with Crippen LogP contribution in [-0.2, 0) is 42.3 Å². The zero-order valence-electron chi connectivity index (χ0n) is 36.7. The first-order valence-electron chi connectivity index (χ1n) is 19.2. The molecule has 0 N–H and O–H groups in total. The molecule has 0 spiro atoms. The third-order valence-electron chi connectivity index (χ3n) is 10.4. The lowest BCUT2D eigenvalue weighted by atomic mass is 10.3. The van der Waals surface area contributed by atoms with Crippen molar-refractivity contribution in [2.45, 2.75) is 48.5 Å². The second-order valence-corrected chi connectivity index (χ2v) is 19.5. The summed E-state index contributed by atoms with van der Waals surface area (Å²) in [4.78, 5) is 40.6. The first kappa shape index (κ1) is 44.9. The second-order valence-electron chi connectivity index (χ2n) is 14.3. The molecular formula is C41H47FN14S6. The van der Waals surface area contributed by atoms with Crippen LogP contribution in [0.1, 0.15) is 40.5 Å². The van der Waals surface area contributed by atoms with E-state index >= 15 is 0 Å². The molecule has 0 atom stereocenters. The number of hydrogen-bond donors (Lipinski definition) is 0. The Morgan fingerprint density at radius 2 is 1.00 bits per heavy atom. The van der Waals surface area contributed by atoms with Crippen LogP contribution in [-0.4, -0.2) is 67.3 Å². The molecule has 0 aliphatic carbocycles. The Bertz CT molecular complexity index is 3030. The van der Waals surface area contributed by atoms with Crippen molar-refractivity contribution in [2.24, 2.45) is 42.3 Å². The third-order valence-corrected chi connectivity index (χ3v) is 15.6. The van der Waals surface area contributed by atoms with E-state index in [9.17, 15) is 4.39 Å². The average Bonchev–Trinajstić information content (AvgIpc) is 4.08. The van der Waals surface area contributed by atoms with Gasteiger partial charge >= 0.3 is 0 Å². The van der Waals surface area contributed by atoms with Gasteiger partial charge in [-0.15, -0.1) is 68.0 Å². The van der Waals surface area contributed by atoms with Gasteiger partial charge in [-0.25, -0.2) is 44.3 Å². The molecule has 14 nitrogen and oxygen atoms in total. The molecular weight excluding hydrogens is 900 g/mol. The molecule has 0 amide bonds. The largest absolute Gasteiger partial charge is 0.331 e. The average molecular weight is 947 g/mol. The Labute approximate surface area is 381 Å². The lowest BCUT2D eigenvalue weighted by Crippen LogP contribution is -1.91. The molecule has 0 unspecified atom stereocenters. The lowest BCUT2D eigenvalue weighted by Gasteiger charge is -1.94. The van der Waals surface area contributed by atoms with Crippen LogP contribution in [0.3, 0.4) is 0 Å². The Morgan fingerprint density at radius 3 is 1.65 bits per heavy atom. The molecule has 12 heterocycles. The summed E-state index contributed by atoms with van der Waals surface area (Å²) in [6.45, 7) is 14.0. The summed E-state index contributed by atoms with van der Waals surface area (Å²) < 4.78 is 25.1.